The monoisotopic (exact) mass is 628 g/mol. The van der Waals surface area contributed by atoms with Crippen LogP contribution in [0.4, 0.5) is 0 Å². The van der Waals surface area contributed by atoms with E-state index in [1.54, 1.807) is 43.7 Å². The van der Waals surface area contributed by atoms with Gasteiger partial charge in [-0.3, -0.25) is 9.36 Å². The first-order chi connectivity index (χ1) is 21.9. The molecule has 45 heavy (non-hydrogen) atoms. The fraction of sp³-hybridized carbons (Fsp3) is 0.286. The molecule has 0 unspecified atom stereocenters. The second-order valence-corrected chi connectivity index (χ2v) is 11.1. The number of carbonyl (C=O) groups excluding carboxylic acids is 1. The van der Waals surface area contributed by atoms with E-state index in [-0.39, 0.29) is 12.2 Å². The fourth-order valence-electron chi connectivity index (χ4n) is 5.13. The minimum Gasteiger partial charge on any atom is -0.493 e. The first kappa shape index (κ1) is 31.6. The molecule has 0 bridgehead atoms. The molecular formula is C35H36N2O7S. The number of rotatable bonds is 12. The van der Waals surface area contributed by atoms with Crippen molar-refractivity contribution in [1.29, 1.82) is 0 Å². The minimum absolute atomic E-state index is 0.187. The molecule has 0 amide bonds. The van der Waals surface area contributed by atoms with Gasteiger partial charge in [0.1, 0.15) is 6.61 Å². The van der Waals surface area contributed by atoms with Crippen LogP contribution < -0.4 is 33.8 Å². The van der Waals surface area contributed by atoms with Gasteiger partial charge in [-0.25, -0.2) is 9.79 Å². The number of thiazole rings is 1. The third-order valence-electron chi connectivity index (χ3n) is 7.12. The van der Waals surface area contributed by atoms with Crippen molar-refractivity contribution in [2.24, 2.45) is 4.99 Å². The Labute approximate surface area is 265 Å². The molecule has 3 aromatic carbocycles. The average Bonchev–Trinajstić information content (AvgIpc) is 3.34. The zero-order valence-corrected chi connectivity index (χ0v) is 26.8. The number of hydrogen-bond donors (Lipinski definition) is 0. The Morgan fingerprint density at radius 3 is 2.29 bits per heavy atom. The number of benzene rings is 3. The lowest BCUT2D eigenvalue weighted by molar-refractivity contribution is -0.139. The van der Waals surface area contributed by atoms with Crippen LogP contribution in [0.5, 0.6) is 23.0 Å². The largest absolute Gasteiger partial charge is 0.493 e. The molecule has 0 fully saturated rings. The van der Waals surface area contributed by atoms with Gasteiger partial charge in [0.15, 0.2) is 27.8 Å². The van der Waals surface area contributed by atoms with E-state index in [1.165, 1.54) is 11.3 Å². The Balaban J connectivity index is 1.59. The molecule has 0 aliphatic carbocycles. The molecule has 2 heterocycles. The number of aromatic nitrogens is 1. The average molecular weight is 629 g/mol. The third kappa shape index (κ3) is 6.81. The highest BCUT2D eigenvalue weighted by molar-refractivity contribution is 7.07. The number of ether oxygens (including phenoxy) is 5. The molecule has 4 aromatic rings. The maximum absolute atomic E-state index is 14.1. The Hall–Kier alpha value is -4.83. The van der Waals surface area contributed by atoms with Crippen LogP contribution in [0.25, 0.3) is 6.08 Å². The lowest BCUT2D eigenvalue weighted by Gasteiger charge is -2.25. The van der Waals surface area contributed by atoms with Crippen molar-refractivity contribution in [3.8, 4) is 23.0 Å². The van der Waals surface area contributed by atoms with E-state index in [9.17, 15) is 9.59 Å². The molecule has 0 spiro atoms. The van der Waals surface area contributed by atoms with Gasteiger partial charge in [-0.15, -0.1) is 0 Å². The summed E-state index contributed by atoms with van der Waals surface area (Å²) < 4.78 is 30.7. The van der Waals surface area contributed by atoms with Crippen LogP contribution in [0.2, 0.25) is 0 Å². The van der Waals surface area contributed by atoms with Gasteiger partial charge >= 0.3 is 5.97 Å². The fourth-order valence-corrected chi connectivity index (χ4v) is 6.17. The number of methoxy groups -OCH3 is 1. The van der Waals surface area contributed by atoms with Crippen molar-refractivity contribution >= 4 is 23.4 Å². The normalized spacial score (nSPS) is 14.4. The van der Waals surface area contributed by atoms with Crippen LogP contribution in [0.1, 0.15) is 50.4 Å². The predicted molar refractivity (Wildman–Crippen MR) is 173 cm³/mol. The number of fused-ring (bicyclic) bond motifs is 1. The van der Waals surface area contributed by atoms with Crippen LogP contribution in [-0.2, 0) is 16.1 Å². The van der Waals surface area contributed by atoms with E-state index >= 15 is 0 Å². The van der Waals surface area contributed by atoms with E-state index in [1.807, 2.05) is 68.4 Å². The molecule has 0 N–H and O–H groups in total. The lowest BCUT2D eigenvalue weighted by atomic mass is 9.95. The van der Waals surface area contributed by atoms with Crippen molar-refractivity contribution in [3.05, 3.63) is 114 Å². The van der Waals surface area contributed by atoms with Crippen LogP contribution in [-0.4, -0.2) is 37.5 Å². The highest BCUT2D eigenvalue weighted by atomic mass is 32.1. The van der Waals surface area contributed by atoms with Crippen LogP contribution in [0.3, 0.4) is 0 Å². The number of hydrogen-bond acceptors (Lipinski definition) is 9. The SMILES string of the molecule is CCOC(=O)C1=C(C)N=c2s/c(=C\c3ccc(OCc4ccccc4)c(OCC)c3)c(=O)n2[C@H]1c1ccc(OC)c(OCC)c1. The molecule has 9 nitrogen and oxygen atoms in total. The summed E-state index contributed by atoms with van der Waals surface area (Å²) in [7, 11) is 1.56. The van der Waals surface area contributed by atoms with Crippen molar-refractivity contribution < 1.29 is 28.5 Å². The standard InChI is InChI=1S/C35H36N2O7S/c1-6-41-28-18-24(14-16-27(28)44-21-23-12-10-9-11-13-23)19-30-33(38)37-32(25-15-17-26(40-5)29(20-25)42-7-2)31(34(39)43-8-3)22(4)36-35(37)45-30/h9-20,32H,6-8,21H2,1-5H3/b30-19-/t32-/m0/s1. The third-order valence-corrected chi connectivity index (χ3v) is 8.11. The van der Waals surface area contributed by atoms with Crippen LogP contribution >= 0.6 is 11.3 Å². The number of esters is 1. The number of carbonyl (C=O) groups is 1. The van der Waals surface area contributed by atoms with Gasteiger partial charge in [0.2, 0.25) is 0 Å². The Morgan fingerprint density at radius 1 is 0.889 bits per heavy atom. The maximum atomic E-state index is 14.1. The molecule has 0 saturated heterocycles. The Morgan fingerprint density at radius 2 is 1.60 bits per heavy atom. The highest BCUT2D eigenvalue weighted by Crippen LogP contribution is 2.36. The predicted octanol–water partition coefficient (Wildman–Crippen LogP) is 5.18. The summed E-state index contributed by atoms with van der Waals surface area (Å²) in [6, 6.07) is 20.1. The van der Waals surface area contributed by atoms with Crippen molar-refractivity contribution in [1.82, 2.24) is 4.57 Å². The van der Waals surface area contributed by atoms with E-state index in [0.29, 0.717) is 69.0 Å². The Bertz CT molecular complexity index is 1890. The summed E-state index contributed by atoms with van der Waals surface area (Å²) in [5, 5.41) is 0. The molecular weight excluding hydrogens is 592 g/mol. The summed E-state index contributed by atoms with van der Waals surface area (Å²) in [5.74, 6) is 1.72. The molecule has 1 aromatic heterocycles. The molecule has 234 valence electrons. The second kappa shape index (κ2) is 14.3. The van der Waals surface area contributed by atoms with Gasteiger partial charge in [0.25, 0.3) is 5.56 Å². The number of allylic oxidation sites excluding steroid dienone is 1. The smallest absolute Gasteiger partial charge is 0.338 e. The topological polar surface area (TPSA) is 97.6 Å². The van der Waals surface area contributed by atoms with Gasteiger partial charge in [-0.1, -0.05) is 53.8 Å². The van der Waals surface area contributed by atoms with Crippen molar-refractivity contribution in [2.75, 3.05) is 26.9 Å². The maximum Gasteiger partial charge on any atom is 0.338 e. The summed E-state index contributed by atoms with van der Waals surface area (Å²) in [6.07, 6.45) is 1.80. The summed E-state index contributed by atoms with van der Waals surface area (Å²) in [6.45, 7) is 8.74. The molecule has 1 aliphatic heterocycles. The van der Waals surface area contributed by atoms with E-state index in [2.05, 4.69) is 4.99 Å². The molecule has 1 aliphatic rings. The first-order valence-corrected chi connectivity index (χ1v) is 15.6. The quantitative estimate of drug-likeness (QED) is 0.200. The highest BCUT2D eigenvalue weighted by Gasteiger charge is 2.34. The number of nitrogens with zero attached hydrogens (tertiary/aromatic N) is 2. The first-order valence-electron chi connectivity index (χ1n) is 14.8. The summed E-state index contributed by atoms with van der Waals surface area (Å²) >= 11 is 1.25. The van der Waals surface area contributed by atoms with Gasteiger partial charge in [0, 0.05) is 0 Å². The van der Waals surface area contributed by atoms with E-state index < -0.39 is 12.0 Å². The minimum atomic E-state index is -0.777. The van der Waals surface area contributed by atoms with E-state index in [4.69, 9.17) is 23.7 Å². The van der Waals surface area contributed by atoms with Gasteiger partial charge in [-0.05, 0) is 74.7 Å². The molecule has 1 atom stereocenters. The van der Waals surface area contributed by atoms with Crippen molar-refractivity contribution in [2.45, 2.75) is 40.3 Å². The zero-order chi connectivity index (χ0) is 31.9. The van der Waals surface area contributed by atoms with Gasteiger partial charge in [-0.2, -0.15) is 0 Å². The van der Waals surface area contributed by atoms with Gasteiger partial charge in [0.05, 0.1) is 48.8 Å². The Kier molecular flexibility index (Phi) is 10.0. The summed E-state index contributed by atoms with van der Waals surface area (Å²) in [5.41, 5.74) is 2.97. The van der Waals surface area contributed by atoms with E-state index in [0.717, 1.165) is 11.1 Å². The lowest BCUT2D eigenvalue weighted by Crippen LogP contribution is -2.40. The molecule has 10 heteroatoms. The second-order valence-electron chi connectivity index (χ2n) is 10.1. The van der Waals surface area contributed by atoms with Gasteiger partial charge < -0.3 is 23.7 Å². The summed E-state index contributed by atoms with van der Waals surface area (Å²) in [4.78, 5) is 32.5. The van der Waals surface area contributed by atoms with Crippen LogP contribution in [0, 0.1) is 0 Å². The molecule has 0 radical (unpaired) electrons. The zero-order valence-electron chi connectivity index (χ0n) is 26.0. The van der Waals surface area contributed by atoms with Crippen molar-refractivity contribution in [3.63, 3.8) is 0 Å². The van der Waals surface area contributed by atoms with Crippen LogP contribution in [0.15, 0.2) is 87.8 Å². The molecule has 0 saturated carbocycles. The molecule has 5 rings (SSSR count).